The first-order chi connectivity index (χ1) is 13.5. The molecule has 0 radical (unpaired) electrons. The number of nitro groups is 1. The van der Waals surface area contributed by atoms with E-state index in [9.17, 15) is 14.9 Å². The van der Waals surface area contributed by atoms with E-state index in [4.69, 9.17) is 18.9 Å². The van der Waals surface area contributed by atoms with Crippen LogP contribution in [0.1, 0.15) is 15.9 Å². The summed E-state index contributed by atoms with van der Waals surface area (Å²) in [5.41, 5.74) is 0.436. The predicted molar refractivity (Wildman–Crippen MR) is 99.7 cm³/mol. The number of methoxy groups -OCH3 is 2. The fourth-order valence-corrected chi connectivity index (χ4v) is 2.89. The SMILES string of the molecule is COc1ccc(OC)c(CCNC(=O)c2cc3c(cc2[N+](=O)[O-])OCCO3)c1. The van der Waals surface area contributed by atoms with E-state index >= 15 is 0 Å². The standard InChI is InChI=1S/C19H20N2O7/c1-25-13-3-4-16(26-2)12(9-13)5-6-20-19(22)14-10-17-18(28-8-7-27-17)11-15(14)21(23)24/h3-4,9-11H,5-8H2,1-2H3,(H,20,22). The molecule has 148 valence electrons. The van der Waals surface area contributed by atoms with Gasteiger partial charge in [-0.25, -0.2) is 0 Å². The van der Waals surface area contributed by atoms with E-state index in [1.165, 1.54) is 12.1 Å². The first-order valence-electron chi connectivity index (χ1n) is 8.60. The van der Waals surface area contributed by atoms with E-state index in [0.29, 0.717) is 36.9 Å². The number of carbonyl (C=O) groups is 1. The predicted octanol–water partition coefficient (Wildman–Crippen LogP) is 2.36. The lowest BCUT2D eigenvalue weighted by molar-refractivity contribution is -0.385. The highest BCUT2D eigenvalue weighted by molar-refractivity contribution is 5.99. The van der Waals surface area contributed by atoms with Gasteiger partial charge in [-0.2, -0.15) is 0 Å². The molecule has 1 heterocycles. The fraction of sp³-hybridized carbons (Fsp3) is 0.316. The maximum atomic E-state index is 12.6. The third-order valence-corrected chi connectivity index (χ3v) is 4.27. The molecule has 0 fully saturated rings. The lowest BCUT2D eigenvalue weighted by Crippen LogP contribution is -2.27. The number of hydrogen-bond donors (Lipinski definition) is 1. The minimum Gasteiger partial charge on any atom is -0.497 e. The minimum atomic E-state index is -0.613. The van der Waals surface area contributed by atoms with Gasteiger partial charge >= 0.3 is 0 Å². The summed E-state index contributed by atoms with van der Waals surface area (Å²) < 4.78 is 21.3. The number of nitro benzene ring substituents is 1. The van der Waals surface area contributed by atoms with Crippen LogP contribution < -0.4 is 24.3 Å². The summed E-state index contributed by atoms with van der Waals surface area (Å²) in [6, 6.07) is 7.93. The van der Waals surface area contributed by atoms with Crippen LogP contribution in [0.4, 0.5) is 5.69 Å². The third kappa shape index (κ3) is 4.08. The lowest BCUT2D eigenvalue weighted by atomic mass is 10.1. The van der Waals surface area contributed by atoms with Crippen LogP contribution >= 0.6 is 0 Å². The zero-order chi connectivity index (χ0) is 20.1. The molecule has 1 aliphatic rings. The van der Waals surface area contributed by atoms with E-state index in [1.807, 2.05) is 6.07 Å². The normalized spacial score (nSPS) is 12.2. The minimum absolute atomic E-state index is 0.0770. The van der Waals surface area contributed by atoms with Crippen LogP contribution in [0.5, 0.6) is 23.0 Å². The quantitative estimate of drug-likeness (QED) is 0.573. The van der Waals surface area contributed by atoms with Crippen LogP contribution in [0.15, 0.2) is 30.3 Å². The van der Waals surface area contributed by atoms with Crippen molar-refractivity contribution in [2.75, 3.05) is 34.0 Å². The van der Waals surface area contributed by atoms with Gasteiger partial charge in [0, 0.05) is 12.6 Å². The van der Waals surface area contributed by atoms with Gasteiger partial charge in [0.15, 0.2) is 11.5 Å². The van der Waals surface area contributed by atoms with Crippen LogP contribution in [0.25, 0.3) is 0 Å². The van der Waals surface area contributed by atoms with Crippen LogP contribution in [0.2, 0.25) is 0 Å². The molecule has 0 spiro atoms. The van der Waals surface area contributed by atoms with Crippen molar-refractivity contribution in [2.45, 2.75) is 6.42 Å². The van der Waals surface area contributed by atoms with E-state index in [1.54, 1.807) is 26.4 Å². The van der Waals surface area contributed by atoms with E-state index in [2.05, 4.69) is 5.32 Å². The lowest BCUT2D eigenvalue weighted by Gasteiger charge is -2.19. The van der Waals surface area contributed by atoms with E-state index < -0.39 is 10.8 Å². The van der Waals surface area contributed by atoms with Crippen molar-refractivity contribution in [2.24, 2.45) is 0 Å². The molecule has 0 bridgehead atoms. The van der Waals surface area contributed by atoms with E-state index in [0.717, 1.165) is 5.56 Å². The van der Waals surface area contributed by atoms with Gasteiger partial charge in [-0.3, -0.25) is 14.9 Å². The average molecular weight is 388 g/mol. The van der Waals surface area contributed by atoms with Gasteiger partial charge in [0.25, 0.3) is 11.6 Å². The summed E-state index contributed by atoms with van der Waals surface area (Å²) in [5.74, 6) is 1.35. The Kier molecular flexibility index (Phi) is 5.83. The summed E-state index contributed by atoms with van der Waals surface area (Å²) in [7, 11) is 3.12. The largest absolute Gasteiger partial charge is 0.497 e. The Hall–Kier alpha value is -3.49. The summed E-state index contributed by atoms with van der Waals surface area (Å²) >= 11 is 0. The van der Waals surface area contributed by atoms with Crippen LogP contribution in [0.3, 0.4) is 0 Å². The molecule has 28 heavy (non-hydrogen) atoms. The topological polar surface area (TPSA) is 109 Å². The van der Waals surface area contributed by atoms with Crippen molar-refractivity contribution in [1.29, 1.82) is 0 Å². The van der Waals surface area contributed by atoms with Crippen molar-refractivity contribution in [1.82, 2.24) is 5.32 Å². The van der Waals surface area contributed by atoms with Gasteiger partial charge in [0.2, 0.25) is 0 Å². The molecule has 9 heteroatoms. The first-order valence-corrected chi connectivity index (χ1v) is 8.60. The molecule has 0 unspecified atom stereocenters. The van der Waals surface area contributed by atoms with Crippen molar-refractivity contribution < 1.29 is 28.7 Å². The van der Waals surface area contributed by atoms with Gasteiger partial charge in [0.05, 0.1) is 25.2 Å². The van der Waals surface area contributed by atoms with E-state index in [-0.39, 0.29) is 23.5 Å². The molecule has 0 aromatic heterocycles. The number of nitrogens with one attached hydrogen (secondary N) is 1. The number of nitrogens with zero attached hydrogens (tertiary/aromatic N) is 1. The Morgan fingerprint density at radius 3 is 2.50 bits per heavy atom. The van der Waals surface area contributed by atoms with Crippen molar-refractivity contribution in [3.63, 3.8) is 0 Å². The second-order valence-electron chi connectivity index (χ2n) is 5.95. The van der Waals surface area contributed by atoms with Gasteiger partial charge in [0.1, 0.15) is 30.3 Å². The summed E-state index contributed by atoms with van der Waals surface area (Å²) in [4.78, 5) is 23.3. The van der Waals surface area contributed by atoms with Gasteiger partial charge in [-0.15, -0.1) is 0 Å². The van der Waals surface area contributed by atoms with Crippen molar-refractivity contribution in [3.05, 3.63) is 51.6 Å². The molecule has 2 aromatic rings. The number of ether oxygens (including phenoxy) is 4. The maximum Gasteiger partial charge on any atom is 0.286 e. The fourth-order valence-electron chi connectivity index (χ4n) is 2.89. The molecule has 1 aliphatic heterocycles. The Bertz CT molecular complexity index is 898. The molecule has 0 aliphatic carbocycles. The first kappa shape index (κ1) is 19.3. The number of carbonyl (C=O) groups excluding carboxylic acids is 1. The monoisotopic (exact) mass is 388 g/mol. The van der Waals surface area contributed by atoms with Crippen LogP contribution in [-0.2, 0) is 6.42 Å². The zero-order valence-electron chi connectivity index (χ0n) is 15.5. The summed E-state index contributed by atoms with van der Waals surface area (Å²) in [5, 5.41) is 14.1. The van der Waals surface area contributed by atoms with Crippen LogP contribution in [0, 0.1) is 10.1 Å². The molecule has 0 atom stereocenters. The van der Waals surface area contributed by atoms with Crippen molar-refractivity contribution >= 4 is 11.6 Å². The molecular formula is C19H20N2O7. The Labute approximate surface area is 161 Å². The second kappa shape index (κ2) is 8.47. The number of rotatable bonds is 7. The van der Waals surface area contributed by atoms with Gasteiger partial charge < -0.3 is 24.3 Å². The number of benzene rings is 2. The number of hydrogen-bond acceptors (Lipinski definition) is 7. The number of fused-ring (bicyclic) bond motifs is 1. The van der Waals surface area contributed by atoms with Crippen molar-refractivity contribution in [3.8, 4) is 23.0 Å². The maximum absolute atomic E-state index is 12.6. The summed E-state index contributed by atoms with van der Waals surface area (Å²) in [6.07, 6.45) is 0.463. The van der Waals surface area contributed by atoms with Gasteiger partial charge in [-0.1, -0.05) is 0 Å². The molecule has 1 N–H and O–H groups in total. The number of amides is 1. The average Bonchev–Trinajstić information content (AvgIpc) is 2.72. The zero-order valence-corrected chi connectivity index (χ0v) is 15.5. The smallest absolute Gasteiger partial charge is 0.286 e. The molecular weight excluding hydrogens is 368 g/mol. The Balaban J connectivity index is 1.74. The molecule has 0 saturated heterocycles. The molecule has 3 rings (SSSR count). The highest BCUT2D eigenvalue weighted by Gasteiger charge is 2.26. The summed E-state index contributed by atoms with van der Waals surface area (Å²) in [6.45, 7) is 0.882. The second-order valence-corrected chi connectivity index (χ2v) is 5.95. The molecule has 9 nitrogen and oxygen atoms in total. The molecule has 2 aromatic carbocycles. The third-order valence-electron chi connectivity index (χ3n) is 4.27. The highest BCUT2D eigenvalue weighted by atomic mass is 16.6. The molecule has 1 amide bonds. The molecule has 0 saturated carbocycles. The Morgan fingerprint density at radius 1 is 1.14 bits per heavy atom. The van der Waals surface area contributed by atoms with Crippen LogP contribution in [-0.4, -0.2) is 44.8 Å². The Morgan fingerprint density at radius 2 is 1.86 bits per heavy atom. The highest BCUT2D eigenvalue weighted by Crippen LogP contribution is 2.36. The van der Waals surface area contributed by atoms with Gasteiger partial charge in [-0.05, 0) is 30.2 Å².